The zero-order valence-electron chi connectivity index (χ0n) is 22.3. The quantitative estimate of drug-likeness (QED) is 0.276. The number of nitrogens with zero attached hydrogens (tertiary/aromatic N) is 1. The van der Waals surface area contributed by atoms with Crippen LogP contribution in [0.25, 0.3) is 0 Å². The molecule has 2 N–H and O–H groups in total. The molecular weight excluding hydrogens is 516 g/mol. The predicted molar refractivity (Wildman–Crippen MR) is 147 cm³/mol. The molecule has 0 radical (unpaired) electrons. The number of ether oxygens (including phenoxy) is 3. The number of amides is 1. The van der Waals surface area contributed by atoms with Gasteiger partial charge in [-0.2, -0.15) is 0 Å². The molecule has 5 unspecified atom stereocenters. The topological polar surface area (TPSA) is 107 Å². The first-order valence-electron chi connectivity index (χ1n) is 12.9. The van der Waals surface area contributed by atoms with Gasteiger partial charge in [-0.05, 0) is 35.7 Å². The van der Waals surface area contributed by atoms with Crippen molar-refractivity contribution in [1.82, 2.24) is 10.3 Å². The van der Waals surface area contributed by atoms with Gasteiger partial charge >= 0.3 is 5.97 Å². The molecule has 0 saturated carbocycles. The number of pyridine rings is 1. The summed E-state index contributed by atoms with van der Waals surface area (Å²) >= 11 is 1.65. The third-order valence-corrected chi connectivity index (χ3v) is 7.62. The molecule has 0 spiro atoms. The zero-order valence-corrected chi connectivity index (χ0v) is 23.1. The van der Waals surface area contributed by atoms with Crippen LogP contribution < -0.4 is 5.32 Å². The molecule has 206 valence electrons. The molecule has 39 heavy (non-hydrogen) atoms. The fourth-order valence-corrected chi connectivity index (χ4v) is 5.37. The number of thioether (sulfide) groups is 1. The van der Waals surface area contributed by atoms with Gasteiger partial charge in [0.2, 0.25) is 0 Å². The summed E-state index contributed by atoms with van der Waals surface area (Å²) in [7, 11) is 0. The monoisotopic (exact) mass is 550 g/mol. The Morgan fingerprint density at radius 1 is 1.03 bits per heavy atom. The van der Waals surface area contributed by atoms with Crippen LogP contribution in [0.3, 0.4) is 0 Å². The summed E-state index contributed by atoms with van der Waals surface area (Å²) in [5, 5.41) is 13.2. The average molecular weight is 551 g/mol. The highest BCUT2D eigenvalue weighted by molar-refractivity contribution is 7.99. The molecule has 1 saturated heterocycles. The Hall–Kier alpha value is -3.24. The Labute approximate surface area is 233 Å². The highest BCUT2D eigenvalue weighted by atomic mass is 32.2. The Morgan fingerprint density at radius 3 is 2.36 bits per heavy atom. The summed E-state index contributed by atoms with van der Waals surface area (Å²) in [4.78, 5) is 27.7. The smallest absolute Gasteiger partial charge is 0.303 e. The van der Waals surface area contributed by atoms with Gasteiger partial charge < -0.3 is 24.6 Å². The summed E-state index contributed by atoms with van der Waals surface area (Å²) in [5.41, 5.74) is 3.64. The van der Waals surface area contributed by atoms with E-state index >= 15 is 0 Å². The maximum atomic E-state index is 12.2. The lowest BCUT2D eigenvalue weighted by atomic mass is 9.91. The van der Waals surface area contributed by atoms with Crippen molar-refractivity contribution in [2.24, 2.45) is 5.92 Å². The Balaban J connectivity index is 1.47. The Kier molecular flexibility index (Phi) is 10.1. The van der Waals surface area contributed by atoms with Crippen LogP contribution in [-0.4, -0.2) is 39.9 Å². The lowest BCUT2D eigenvalue weighted by molar-refractivity contribution is -0.268. The van der Waals surface area contributed by atoms with E-state index in [1.165, 1.54) is 13.8 Å². The number of aliphatic hydroxyl groups excluding tert-OH is 1. The zero-order chi connectivity index (χ0) is 27.8. The van der Waals surface area contributed by atoms with Crippen LogP contribution in [0.2, 0.25) is 0 Å². The number of aromatic nitrogens is 1. The first-order valence-corrected chi connectivity index (χ1v) is 13.9. The van der Waals surface area contributed by atoms with Crippen molar-refractivity contribution >= 4 is 23.6 Å². The van der Waals surface area contributed by atoms with Crippen molar-refractivity contribution in [3.63, 3.8) is 0 Å². The molecule has 8 nitrogen and oxygen atoms in total. The number of benzene rings is 2. The first-order chi connectivity index (χ1) is 18.8. The lowest BCUT2D eigenvalue weighted by Crippen LogP contribution is -2.38. The molecule has 2 aromatic carbocycles. The molecule has 2 heterocycles. The van der Waals surface area contributed by atoms with Crippen LogP contribution in [0.5, 0.6) is 0 Å². The second kappa shape index (κ2) is 13.7. The maximum absolute atomic E-state index is 12.2. The number of carbonyl (C=O) groups excluding carboxylic acids is 2. The highest BCUT2D eigenvalue weighted by Crippen LogP contribution is 2.42. The van der Waals surface area contributed by atoms with Gasteiger partial charge in [-0.25, -0.2) is 4.98 Å². The van der Waals surface area contributed by atoms with Crippen molar-refractivity contribution in [1.29, 1.82) is 0 Å². The van der Waals surface area contributed by atoms with E-state index in [2.05, 4.69) is 17.2 Å². The number of esters is 1. The van der Waals surface area contributed by atoms with Gasteiger partial charge in [0.1, 0.15) is 0 Å². The third kappa shape index (κ3) is 7.89. The molecule has 0 bridgehead atoms. The summed E-state index contributed by atoms with van der Waals surface area (Å²) < 4.78 is 17.9. The van der Waals surface area contributed by atoms with Crippen molar-refractivity contribution in [3.8, 4) is 0 Å². The predicted octanol–water partition coefficient (Wildman–Crippen LogP) is 4.73. The summed E-state index contributed by atoms with van der Waals surface area (Å²) in [6.45, 7) is 5.24. The van der Waals surface area contributed by atoms with Gasteiger partial charge in [-0.15, -0.1) is 11.8 Å². The number of nitrogens with one attached hydrogen (secondary N) is 1. The number of rotatable bonds is 10. The van der Waals surface area contributed by atoms with E-state index in [1.54, 1.807) is 18.0 Å². The van der Waals surface area contributed by atoms with E-state index in [-0.39, 0.29) is 30.6 Å². The van der Waals surface area contributed by atoms with Crippen molar-refractivity contribution < 1.29 is 28.9 Å². The number of hydrogen-bond acceptors (Lipinski definition) is 8. The lowest BCUT2D eigenvalue weighted by Gasteiger charge is -2.41. The molecule has 1 fully saturated rings. The highest BCUT2D eigenvalue weighted by Gasteiger charge is 2.38. The molecular formula is C30H34N2O6S. The minimum atomic E-state index is -0.850. The van der Waals surface area contributed by atoms with E-state index < -0.39 is 18.4 Å². The first kappa shape index (κ1) is 28.8. The SMILES string of the molecule is CC(=O)OC(C)C(=O)NCc1ccc(C2OC(CSc3ccccn3)C(C)C(c3ccc(CO)cc3)O2)cc1. The molecule has 1 aromatic heterocycles. The van der Waals surface area contributed by atoms with Crippen LogP contribution in [0, 0.1) is 5.92 Å². The van der Waals surface area contributed by atoms with Crippen LogP contribution in [0.1, 0.15) is 55.4 Å². The van der Waals surface area contributed by atoms with E-state index in [0.717, 1.165) is 27.3 Å². The fraction of sp³-hybridized carbons (Fsp3) is 0.367. The van der Waals surface area contributed by atoms with Crippen molar-refractivity contribution in [2.75, 3.05) is 5.75 Å². The second-order valence-electron chi connectivity index (χ2n) is 9.51. The van der Waals surface area contributed by atoms with Gasteiger partial charge in [-0.3, -0.25) is 9.59 Å². The van der Waals surface area contributed by atoms with E-state index in [1.807, 2.05) is 66.7 Å². The molecule has 3 aromatic rings. The molecule has 5 atom stereocenters. The largest absolute Gasteiger partial charge is 0.453 e. The van der Waals surface area contributed by atoms with E-state index in [9.17, 15) is 14.7 Å². The number of aliphatic hydroxyl groups is 1. The molecule has 9 heteroatoms. The van der Waals surface area contributed by atoms with Gasteiger partial charge in [0.15, 0.2) is 12.4 Å². The van der Waals surface area contributed by atoms with Crippen molar-refractivity contribution in [2.45, 2.75) is 63.6 Å². The molecule has 1 aliphatic rings. The molecule has 1 amide bonds. The fourth-order valence-electron chi connectivity index (χ4n) is 4.34. The van der Waals surface area contributed by atoms with Crippen LogP contribution in [0.15, 0.2) is 78.0 Å². The summed E-state index contributed by atoms with van der Waals surface area (Å²) in [5.74, 6) is -0.0618. The number of hydrogen-bond donors (Lipinski definition) is 2. The maximum Gasteiger partial charge on any atom is 0.303 e. The van der Waals surface area contributed by atoms with Gasteiger partial charge in [0, 0.05) is 36.9 Å². The van der Waals surface area contributed by atoms with Crippen LogP contribution in [0.4, 0.5) is 0 Å². The summed E-state index contributed by atoms with van der Waals surface area (Å²) in [6.07, 6.45) is 0.0571. The third-order valence-electron chi connectivity index (χ3n) is 6.59. The van der Waals surface area contributed by atoms with Crippen LogP contribution >= 0.6 is 11.8 Å². The normalized spacial score (nSPS) is 21.6. The second-order valence-corrected chi connectivity index (χ2v) is 10.6. The van der Waals surface area contributed by atoms with Gasteiger partial charge in [0.25, 0.3) is 5.91 Å². The molecule has 1 aliphatic heterocycles. The molecule has 4 rings (SSSR count). The van der Waals surface area contributed by atoms with E-state index in [0.29, 0.717) is 12.3 Å². The minimum Gasteiger partial charge on any atom is -0.453 e. The standard InChI is InChI=1S/C30H34N2O6S/c1-19-26(18-39-27-6-4-5-15-31-27)37-30(38-28(19)24-11-9-23(17-33)10-12-24)25-13-7-22(8-14-25)16-32-29(35)20(2)36-21(3)34/h4-15,19-20,26,28,30,33H,16-18H2,1-3H3,(H,32,35). The number of carbonyl (C=O) groups is 2. The minimum absolute atomic E-state index is 0.00803. The van der Waals surface area contributed by atoms with Crippen molar-refractivity contribution in [3.05, 3.63) is 95.2 Å². The Morgan fingerprint density at radius 2 is 1.72 bits per heavy atom. The molecule has 0 aliphatic carbocycles. The van der Waals surface area contributed by atoms with Gasteiger partial charge in [0.05, 0.1) is 23.8 Å². The summed E-state index contributed by atoms with van der Waals surface area (Å²) in [6, 6.07) is 21.4. The van der Waals surface area contributed by atoms with Crippen LogP contribution in [-0.2, 0) is 37.0 Å². The van der Waals surface area contributed by atoms with Gasteiger partial charge in [-0.1, -0.05) is 61.5 Å². The average Bonchev–Trinajstić information content (AvgIpc) is 2.96. The Bertz CT molecular complexity index is 1220. The van der Waals surface area contributed by atoms with E-state index in [4.69, 9.17) is 14.2 Å².